The molecule has 3 heterocycles. The van der Waals surface area contributed by atoms with Crippen LogP contribution in [-0.4, -0.2) is 45.1 Å². The first kappa shape index (κ1) is 28.2. The molecule has 0 atom stereocenters. The van der Waals surface area contributed by atoms with Crippen molar-refractivity contribution in [3.05, 3.63) is 105 Å². The number of anilines is 2. The van der Waals surface area contributed by atoms with Crippen molar-refractivity contribution in [1.82, 2.24) is 14.9 Å². The van der Waals surface area contributed by atoms with Gasteiger partial charge in [-0.3, -0.25) is 9.79 Å². The average molecular weight is 607 g/mol. The van der Waals surface area contributed by atoms with Crippen LogP contribution in [0.5, 0.6) is 0 Å². The Morgan fingerprint density at radius 1 is 1.02 bits per heavy atom. The number of amides is 1. The molecule has 7 nitrogen and oxygen atoms in total. The Kier molecular flexibility index (Phi) is 7.43. The SMILES string of the molecule is CC1(N)CCN(C(=O)c2ccc(Nc3ncc4c(n3)-c3ccc(Cl)cc3C(c3c(F)cccc3F)=NC4)cc2Cl)CC1. The smallest absolute Gasteiger partial charge is 0.255 e. The number of fused-ring (bicyclic) bond motifs is 3. The van der Waals surface area contributed by atoms with Gasteiger partial charge in [0.2, 0.25) is 5.95 Å². The van der Waals surface area contributed by atoms with Gasteiger partial charge >= 0.3 is 0 Å². The van der Waals surface area contributed by atoms with E-state index in [-0.39, 0.29) is 35.2 Å². The van der Waals surface area contributed by atoms with Gasteiger partial charge in [-0.2, -0.15) is 0 Å². The summed E-state index contributed by atoms with van der Waals surface area (Å²) in [5, 5.41) is 3.83. The summed E-state index contributed by atoms with van der Waals surface area (Å²) in [5.74, 6) is -1.32. The second-order valence-corrected chi connectivity index (χ2v) is 11.6. The minimum atomic E-state index is -0.726. The molecule has 42 heavy (non-hydrogen) atoms. The third-order valence-electron chi connectivity index (χ3n) is 7.61. The van der Waals surface area contributed by atoms with Crippen molar-refractivity contribution in [2.24, 2.45) is 10.7 Å². The normalized spacial score (nSPS) is 15.8. The Morgan fingerprint density at radius 3 is 2.48 bits per heavy atom. The fourth-order valence-electron chi connectivity index (χ4n) is 5.21. The van der Waals surface area contributed by atoms with E-state index >= 15 is 0 Å². The predicted octanol–water partition coefficient (Wildman–Crippen LogP) is 6.78. The minimum Gasteiger partial charge on any atom is -0.338 e. The van der Waals surface area contributed by atoms with Crippen LogP contribution in [0.3, 0.4) is 0 Å². The molecule has 1 fully saturated rings. The number of benzene rings is 3. The number of halogens is 4. The lowest BCUT2D eigenvalue weighted by Gasteiger charge is -2.36. The number of aromatic nitrogens is 2. The number of hydrogen-bond donors (Lipinski definition) is 2. The Morgan fingerprint density at radius 2 is 1.76 bits per heavy atom. The molecule has 3 aromatic carbocycles. The second kappa shape index (κ2) is 11.1. The minimum absolute atomic E-state index is 0.105. The first-order valence-electron chi connectivity index (χ1n) is 13.4. The summed E-state index contributed by atoms with van der Waals surface area (Å²) < 4.78 is 29.6. The number of nitrogens with two attached hydrogens (primary N) is 1. The molecule has 0 spiro atoms. The van der Waals surface area contributed by atoms with Crippen molar-refractivity contribution >= 4 is 46.5 Å². The third-order valence-corrected chi connectivity index (χ3v) is 8.16. The number of aliphatic imine (C=N–C) groups is 1. The Balaban J connectivity index is 1.30. The standard InChI is InChI=1S/C31H26Cl2F2N6O/c1-31(36)9-11-41(12-10-31)29(42)21-8-6-19(14-23(21)33)39-30-38-16-17-15-37-28(26-24(34)3-2-4-25(26)35)22-13-18(32)5-7-20(22)27(17)40-30/h2-8,13-14,16H,9-12,15,36H2,1H3,(H,38,39,40). The number of piperidine rings is 1. The van der Waals surface area contributed by atoms with E-state index in [1.165, 1.54) is 18.2 Å². The first-order valence-corrected chi connectivity index (χ1v) is 14.1. The number of nitrogens with zero attached hydrogens (tertiary/aromatic N) is 4. The van der Waals surface area contributed by atoms with Crippen molar-refractivity contribution in [1.29, 1.82) is 0 Å². The number of likely N-dealkylation sites (tertiary alicyclic amines) is 1. The van der Waals surface area contributed by atoms with Crippen molar-refractivity contribution in [3.63, 3.8) is 0 Å². The highest BCUT2D eigenvalue weighted by atomic mass is 35.5. The van der Waals surface area contributed by atoms with Crippen LogP contribution in [0, 0.1) is 11.6 Å². The number of carbonyl (C=O) groups excluding carboxylic acids is 1. The zero-order chi connectivity index (χ0) is 29.6. The van der Waals surface area contributed by atoms with Crippen molar-refractivity contribution in [3.8, 4) is 11.3 Å². The molecule has 11 heteroatoms. The molecule has 3 N–H and O–H groups in total. The monoisotopic (exact) mass is 606 g/mol. The summed E-state index contributed by atoms with van der Waals surface area (Å²) in [7, 11) is 0. The average Bonchev–Trinajstić information content (AvgIpc) is 3.09. The molecule has 2 aliphatic heterocycles. The van der Waals surface area contributed by atoms with Gasteiger partial charge in [0.25, 0.3) is 5.91 Å². The lowest BCUT2D eigenvalue weighted by Crippen LogP contribution is -2.49. The van der Waals surface area contributed by atoms with Gasteiger partial charge in [-0.25, -0.2) is 18.7 Å². The molecule has 214 valence electrons. The van der Waals surface area contributed by atoms with Gasteiger partial charge in [-0.05, 0) is 62.2 Å². The zero-order valence-electron chi connectivity index (χ0n) is 22.6. The maximum absolute atomic E-state index is 14.8. The molecule has 6 rings (SSSR count). The van der Waals surface area contributed by atoms with E-state index in [0.717, 1.165) is 12.8 Å². The molecular weight excluding hydrogens is 581 g/mol. The topological polar surface area (TPSA) is 96.5 Å². The lowest BCUT2D eigenvalue weighted by atomic mass is 9.91. The van der Waals surface area contributed by atoms with Gasteiger partial charge in [0, 0.05) is 52.2 Å². The highest BCUT2D eigenvalue weighted by molar-refractivity contribution is 6.34. The molecule has 0 aliphatic carbocycles. The number of nitrogens with one attached hydrogen (secondary N) is 1. The van der Waals surface area contributed by atoms with Crippen LogP contribution < -0.4 is 11.1 Å². The molecule has 0 bridgehead atoms. The van der Waals surface area contributed by atoms with E-state index < -0.39 is 11.6 Å². The van der Waals surface area contributed by atoms with Gasteiger partial charge in [-0.15, -0.1) is 0 Å². The van der Waals surface area contributed by atoms with Crippen LogP contribution in [-0.2, 0) is 6.54 Å². The summed E-state index contributed by atoms with van der Waals surface area (Å²) in [5.41, 5.74) is 9.11. The predicted molar refractivity (Wildman–Crippen MR) is 161 cm³/mol. The van der Waals surface area contributed by atoms with Crippen molar-refractivity contribution in [2.45, 2.75) is 31.8 Å². The molecule has 1 saturated heterocycles. The fraction of sp³-hybridized carbons (Fsp3) is 0.226. The molecule has 0 unspecified atom stereocenters. The van der Waals surface area contributed by atoms with E-state index in [1.807, 2.05) is 6.92 Å². The second-order valence-electron chi connectivity index (χ2n) is 10.8. The number of hydrogen-bond acceptors (Lipinski definition) is 6. The van der Waals surface area contributed by atoms with Crippen LogP contribution in [0.15, 0.2) is 65.8 Å². The van der Waals surface area contributed by atoms with Gasteiger partial charge < -0.3 is 16.0 Å². The summed E-state index contributed by atoms with van der Waals surface area (Å²) >= 11 is 12.8. The fourth-order valence-corrected chi connectivity index (χ4v) is 5.64. The van der Waals surface area contributed by atoms with Crippen molar-refractivity contribution < 1.29 is 13.6 Å². The van der Waals surface area contributed by atoms with Gasteiger partial charge in [-0.1, -0.05) is 35.3 Å². The van der Waals surface area contributed by atoms with Crippen LogP contribution in [0.1, 0.15) is 46.8 Å². The van der Waals surface area contributed by atoms with Crippen LogP contribution in [0.25, 0.3) is 11.3 Å². The molecule has 0 radical (unpaired) electrons. The largest absolute Gasteiger partial charge is 0.338 e. The van der Waals surface area contributed by atoms with E-state index in [0.29, 0.717) is 56.8 Å². The third kappa shape index (κ3) is 5.47. The van der Waals surface area contributed by atoms with Gasteiger partial charge in [0.15, 0.2) is 0 Å². The van der Waals surface area contributed by atoms with Crippen LogP contribution in [0.4, 0.5) is 20.4 Å². The number of rotatable bonds is 4. The Bertz CT molecular complexity index is 1730. The van der Waals surface area contributed by atoms with Gasteiger partial charge in [0.1, 0.15) is 11.6 Å². The maximum atomic E-state index is 14.8. The summed E-state index contributed by atoms with van der Waals surface area (Å²) in [6.07, 6.45) is 3.07. The summed E-state index contributed by atoms with van der Waals surface area (Å²) in [6.45, 7) is 3.25. The lowest BCUT2D eigenvalue weighted by molar-refractivity contribution is 0.0681. The van der Waals surface area contributed by atoms with Crippen LogP contribution in [0.2, 0.25) is 10.0 Å². The van der Waals surface area contributed by atoms with E-state index in [1.54, 1.807) is 47.5 Å². The highest BCUT2D eigenvalue weighted by Gasteiger charge is 2.30. The maximum Gasteiger partial charge on any atom is 0.255 e. The molecule has 2 aliphatic rings. The Hall–Kier alpha value is -3.92. The van der Waals surface area contributed by atoms with E-state index in [9.17, 15) is 13.6 Å². The highest BCUT2D eigenvalue weighted by Crippen LogP contribution is 2.35. The van der Waals surface area contributed by atoms with Gasteiger partial charge in [0.05, 0.1) is 34.1 Å². The first-order chi connectivity index (χ1) is 20.1. The number of carbonyl (C=O) groups is 1. The quantitative estimate of drug-likeness (QED) is 0.267. The molecule has 1 aromatic heterocycles. The van der Waals surface area contributed by atoms with Crippen LogP contribution >= 0.6 is 23.2 Å². The van der Waals surface area contributed by atoms with Crippen molar-refractivity contribution in [2.75, 3.05) is 18.4 Å². The zero-order valence-corrected chi connectivity index (χ0v) is 24.1. The molecule has 0 saturated carbocycles. The molecular formula is C31H26Cl2F2N6O. The molecule has 1 amide bonds. The summed E-state index contributed by atoms with van der Waals surface area (Å²) in [4.78, 5) is 28.6. The van der Waals surface area contributed by atoms with E-state index in [2.05, 4.69) is 15.3 Å². The van der Waals surface area contributed by atoms with E-state index in [4.69, 9.17) is 33.9 Å². The summed E-state index contributed by atoms with van der Waals surface area (Å²) in [6, 6.07) is 13.8. The molecule has 4 aromatic rings. The Labute approximate surface area is 251 Å².